The van der Waals surface area contributed by atoms with Gasteiger partial charge in [0.25, 0.3) is 0 Å². The molecule has 1 saturated heterocycles. The number of nitrogens with one attached hydrogen (secondary N) is 1. The van der Waals surface area contributed by atoms with Crippen LogP contribution in [0.15, 0.2) is 47.7 Å². The van der Waals surface area contributed by atoms with E-state index in [1.54, 1.807) is 18.5 Å². The number of nitrogens with zero attached hydrogens (tertiary/aromatic N) is 2. The standard InChI is InChI=1S/C19H18ClN3O2/c20-14-1-2-15-16(10-14)23-19(24)17(9-12-3-6-21-7-4-12)22-18(15)13-5-8-25-11-13/h1-4,6-7,10,13,17H,5,8-9,11H2,(H,23,24)/t13?,17-/m0/s1. The molecule has 5 nitrogen and oxygen atoms in total. The molecule has 25 heavy (non-hydrogen) atoms. The van der Waals surface area contributed by atoms with Crippen molar-refractivity contribution in [1.82, 2.24) is 4.98 Å². The molecule has 0 aliphatic carbocycles. The Kier molecular flexibility index (Phi) is 4.51. The number of fused-ring (bicyclic) bond motifs is 1. The number of hydrogen-bond donors (Lipinski definition) is 1. The van der Waals surface area contributed by atoms with Crippen LogP contribution in [0.25, 0.3) is 0 Å². The number of pyridine rings is 1. The lowest BCUT2D eigenvalue weighted by Gasteiger charge is -2.15. The molecule has 1 aromatic carbocycles. The molecule has 1 N–H and O–H groups in total. The van der Waals surface area contributed by atoms with Gasteiger partial charge in [-0.2, -0.15) is 0 Å². The van der Waals surface area contributed by atoms with Crippen LogP contribution in [-0.4, -0.2) is 35.9 Å². The van der Waals surface area contributed by atoms with Crippen molar-refractivity contribution in [2.75, 3.05) is 18.5 Å². The summed E-state index contributed by atoms with van der Waals surface area (Å²) in [6, 6.07) is 8.90. The summed E-state index contributed by atoms with van der Waals surface area (Å²) in [5.41, 5.74) is 3.62. The van der Waals surface area contributed by atoms with Gasteiger partial charge in [-0.3, -0.25) is 14.8 Å². The number of benzodiazepines with no additional fused rings is 1. The van der Waals surface area contributed by atoms with Crippen molar-refractivity contribution in [2.45, 2.75) is 18.9 Å². The first-order chi connectivity index (χ1) is 12.2. The second-order valence-corrected chi connectivity index (χ2v) is 6.77. The van der Waals surface area contributed by atoms with Crippen LogP contribution >= 0.6 is 11.6 Å². The van der Waals surface area contributed by atoms with Crippen molar-refractivity contribution in [1.29, 1.82) is 0 Å². The van der Waals surface area contributed by atoms with Crippen LogP contribution in [-0.2, 0) is 16.0 Å². The molecule has 1 unspecified atom stereocenters. The highest BCUT2D eigenvalue weighted by Crippen LogP contribution is 2.30. The Balaban J connectivity index is 1.74. The van der Waals surface area contributed by atoms with E-state index in [0.29, 0.717) is 18.1 Å². The van der Waals surface area contributed by atoms with Gasteiger partial charge in [-0.1, -0.05) is 11.6 Å². The average Bonchev–Trinajstić information content (AvgIpc) is 3.10. The lowest BCUT2D eigenvalue weighted by atomic mass is 9.94. The van der Waals surface area contributed by atoms with Crippen molar-refractivity contribution in [3.63, 3.8) is 0 Å². The molecule has 0 saturated carbocycles. The number of amides is 1. The number of aromatic nitrogens is 1. The quantitative estimate of drug-likeness (QED) is 0.920. The maximum atomic E-state index is 12.7. The van der Waals surface area contributed by atoms with Crippen LogP contribution < -0.4 is 5.32 Å². The first kappa shape index (κ1) is 16.2. The van der Waals surface area contributed by atoms with Crippen LogP contribution in [0.1, 0.15) is 17.5 Å². The number of aliphatic imine (C=N–C) groups is 1. The third-order valence-electron chi connectivity index (χ3n) is 4.61. The molecule has 2 aliphatic rings. The molecule has 4 rings (SSSR count). The van der Waals surface area contributed by atoms with Crippen molar-refractivity contribution in [3.8, 4) is 0 Å². The molecule has 1 fully saturated rings. The molecule has 3 heterocycles. The van der Waals surface area contributed by atoms with E-state index in [4.69, 9.17) is 21.3 Å². The van der Waals surface area contributed by atoms with Gasteiger partial charge >= 0.3 is 0 Å². The first-order valence-electron chi connectivity index (χ1n) is 8.36. The lowest BCUT2D eigenvalue weighted by Crippen LogP contribution is -2.28. The smallest absolute Gasteiger partial charge is 0.249 e. The molecule has 0 spiro atoms. The maximum Gasteiger partial charge on any atom is 0.249 e. The van der Waals surface area contributed by atoms with E-state index in [2.05, 4.69) is 10.3 Å². The zero-order chi connectivity index (χ0) is 17.2. The molecule has 0 radical (unpaired) electrons. The van der Waals surface area contributed by atoms with E-state index in [0.717, 1.165) is 35.6 Å². The minimum absolute atomic E-state index is 0.116. The highest BCUT2D eigenvalue weighted by Gasteiger charge is 2.31. The van der Waals surface area contributed by atoms with Gasteiger partial charge in [-0.25, -0.2) is 0 Å². The Morgan fingerprint density at radius 2 is 2.08 bits per heavy atom. The molecular weight excluding hydrogens is 338 g/mol. The fourth-order valence-corrected chi connectivity index (χ4v) is 3.48. The largest absolute Gasteiger partial charge is 0.381 e. The Bertz CT molecular complexity index is 817. The predicted molar refractivity (Wildman–Crippen MR) is 97.3 cm³/mol. The van der Waals surface area contributed by atoms with Crippen LogP contribution in [0.4, 0.5) is 5.69 Å². The van der Waals surface area contributed by atoms with Gasteiger partial charge in [0.15, 0.2) is 0 Å². The fraction of sp³-hybridized carbons (Fsp3) is 0.316. The van der Waals surface area contributed by atoms with E-state index in [1.807, 2.05) is 24.3 Å². The van der Waals surface area contributed by atoms with Gasteiger partial charge in [0.05, 0.1) is 18.0 Å². The average molecular weight is 356 g/mol. The van der Waals surface area contributed by atoms with E-state index in [1.165, 1.54) is 0 Å². The Hall–Kier alpha value is -2.24. The third kappa shape index (κ3) is 3.43. The molecule has 2 atom stereocenters. The summed E-state index contributed by atoms with van der Waals surface area (Å²) >= 11 is 6.13. The van der Waals surface area contributed by atoms with Crippen LogP contribution in [0, 0.1) is 5.92 Å². The van der Waals surface area contributed by atoms with Gasteiger partial charge in [0, 0.05) is 41.9 Å². The summed E-state index contributed by atoms with van der Waals surface area (Å²) in [4.78, 5) is 21.6. The zero-order valence-electron chi connectivity index (χ0n) is 13.6. The topological polar surface area (TPSA) is 63.6 Å². The predicted octanol–water partition coefficient (Wildman–Crippen LogP) is 3.12. The molecular formula is C19H18ClN3O2. The summed E-state index contributed by atoms with van der Waals surface area (Å²) in [6.07, 6.45) is 4.91. The minimum atomic E-state index is -0.482. The van der Waals surface area contributed by atoms with Crippen molar-refractivity contribution < 1.29 is 9.53 Å². The summed E-state index contributed by atoms with van der Waals surface area (Å²) in [7, 11) is 0. The molecule has 2 aromatic rings. The van der Waals surface area contributed by atoms with Gasteiger partial charge in [0.2, 0.25) is 5.91 Å². The Morgan fingerprint density at radius 3 is 2.84 bits per heavy atom. The van der Waals surface area contributed by atoms with Crippen molar-refractivity contribution in [3.05, 3.63) is 58.9 Å². The van der Waals surface area contributed by atoms with E-state index >= 15 is 0 Å². The van der Waals surface area contributed by atoms with E-state index < -0.39 is 6.04 Å². The molecule has 1 aromatic heterocycles. The van der Waals surface area contributed by atoms with E-state index in [-0.39, 0.29) is 11.8 Å². The zero-order valence-corrected chi connectivity index (χ0v) is 14.4. The minimum Gasteiger partial charge on any atom is -0.381 e. The first-order valence-corrected chi connectivity index (χ1v) is 8.73. The number of carbonyl (C=O) groups excluding carboxylic acids is 1. The fourth-order valence-electron chi connectivity index (χ4n) is 3.31. The number of benzene rings is 1. The summed E-state index contributed by atoms with van der Waals surface area (Å²) < 4.78 is 5.55. The summed E-state index contributed by atoms with van der Waals surface area (Å²) in [5, 5.41) is 3.58. The van der Waals surface area contributed by atoms with Gasteiger partial charge < -0.3 is 10.1 Å². The molecule has 6 heteroatoms. The number of carbonyl (C=O) groups is 1. The summed E-state index contributed by atoms with van der Waals surface area (Å²) in [6.45, 7) is 1.36. The highest BCUT2D eigenvalue weighted by atomic mass is 35.5. The Labute approximate surface area is 151 Å². The number of rotatable bonds is 3. The molecule has 128 valence electrons. The number of halogens is 1. The third-order valence-corrected chi connectivity index (χ3v) is 4.84. The molecule has 2 aliphatic heterocycles. The molecule has 0 bridgehead atoms. The maximum absolute atomic E-state index is 12.7. The molecule has 1 amide bonds. The monoisotopic (exact) mass is 355 g/mol. The summed E-state index contributed by atoms with van der Waals surface area (Å²) in [5.74, 6) is 0.0850. The second-order valence-electron chi connectivity index (χ2n) is 6.33. The SMILES string of the molecule is O=C1Nc2cc(Cl)ccc2C(C2CCOC2)=N[C@H]1Cc1ccncc1. The Morgan fingerprint density at radius 1 is 1.24 bits per heavy atom. The van der Waals surface area contributed by atoms with Gasteiger partial charge in [0.1, 0.15) is 6.04 Å². The van der Waals surface area contributed by atoms with Gasteiger partial charge in [-0.05, 0) is 42.3 Å². The van der Waals surface area contributed by atoms with Crippen molar-refractivity contribution in [2.24, 2.45) is 10.9 Å². The lowest BCUT2D eigenvalue weighted by molar-refractivity contribution is -0.117. The van der Waals surface area contributed by atoms with Crippen molar-refractivity contribution >= 4 is 28.9 Å². The normalized spacial score (nSPS) is 22.8. The number of anilines is 1. The van der Waals surface area contributed by atoms with Gasteiger partial charge in [-0.15, -0.1) is 0 Å². The number of ether oxygens (including phenoxy) is 1. The second kappa shape index (κ2) is 6.94. The van der Waals surface area contributed by atoms with Crippen LogP contribution in [0.5, 0.6) is 0 Å². The van der Waals surface area contributed by atoms with E-state index in [9.17, 15) is 4.79 Å². The van der Waals surface area contributed by atoms with Crippen LogP contribution in [0.2, 0.25) is 5.02 Å². The highest BCUT2D eigenvalue weighted by molar-refractivity contribution is 6.31. The number of hydrogen-bond acceptors (Lipinski definition) is 4. The van der Waals surface area contributed by atoms with Crippen LogP contribution in [0.3, 0.4) is 0 Å².